The molecule has 166 valence electrons. The Balaban J connectivity index is 1.56. The highest BCUT2D eigenvalue weighted by Crippen LogP contribution is 2.41. The SMILES string of the molecule is CCN1CCC(N(C)C(=O)[C@@H]2C[C@H]3CCCC[C@H]3N2C(=O)c2cnn(C)c2C)CC1. The van der Waals surface area contributed by atoms with Gasteiger partial charge >= 0.3 is 0 Å². The molecule has 0 N–H and O–H groups in total. The fraction of sp³-hybridized carbons (Fsp3) is 0.783. The number of likely N-dealkylation sites (N-methyl/N-ethyl adjacent to an activating group) is 1. The van der Waals surface area contributed by atoms with Crippen molar-refractivity contribution in [3.8, 4) is 0 Å². The van der Waals surface area contributed by atoms with Crippen LogP contribution in [0.4, 0.5) is 0 Å². The zero-order chi connectivity index (χ0) is 21.4. The van der Waals surface area contributed by atoms with Gasteiger partial charge < -0.3 is 14.7 Å². The number of hydrogen-bond donors (Lipinski definition) is 0. The summed E-state index contributed by atoms with van der Waals surface area (Å²) in [5.41, 5.74) is 1.51. The van der Waals surface area contributed by atoms with Crippen molar-refractivity contribution in [3.05, 3.63) is 17.5 Å². The molecule has 1 aromatic heterocycles. The lowest BCUT2D eigenvalue weighted by Gasteiger charge is -2.39. The summed E-state index contributed by atoms with van der Waals surface area (Å²) >= 11 is 0. The lowest BCUT2D eigenvalue weighted by atomic mass is 9.84. The van der Waals surface area contributed by atoms with E-state index < -0.39 is 0 Å². The number of carbonyl (C=O) groups excluding carboxylic acids is 2. The molecule has 0 unspecified atom stereocenters. The van der Waals surface area contributed by atoms with Gasteiger partial charge in [0.05, 0.1) is 11.8 Å². The number of fused-ring (bicyclic) bond motifs is 1. The Morgan fingerprint density at radius 3 is 2.50 bits per heavy atom. The molecular formula is C23H37N5O2. The van der Waals surface area contributed by atoms with E-state index in [0.717, 1.165) is 63.9 Å². The second-order valence-electron chi connectivity index (χ2n) is 9.46. The quantitative estimate of drug-likeness (QED) is 0.758. The highest BCUT2D eigenvalue weighted by Gasteiger charge is 2.49. The number of aryl methyl sites for hydroxylation is 1. The largest absolute Gasteiger partial charge is 0.341 e. The number of likely N-dealkylation sites (tertiary alicyclic amines) is 2. The maximum atomic E-state index is 13.7. The summed E-state index contributed by atoms with van der Waals surface area (Å²) in [7, 11) is 3.81. The first-order chi connectivity index (χ1) is 14.4. The lowest BCUT2D eigenvalue weighted by Crippen LogP contribution is -2.53. The van der Waals surface area contributed by atoms with Crippen LogP contribution in [0, 0.1) is 12.8 Å². The zero-order valence-electron chi connectivity index (χ0n) is 19.0. The maximum Gasteiger partial charge on any atom is 0.258 e. The van der Waals surface area contributed by atoms with Crippen LogP contribution in [-0.2, 0) is 11.8 Å². The number of amides is 2. The van der Waals surface area contributed by atoms with Crippen LogP contribution in [-0.4, -0.2) is 81.1 Å². The van der Waals surface area contributed by atoms with E-state index in [1.54, 1.807) is 10.9 Å². The van der Waals surface area contributed by atoms with Gasteiger partial charge in [0.1, 0.15) is 6.04 Å². The first-order valence-electron chi connectivity index (χ1n) is 11.7. The summed E-state index contributed by atoms with van der Waals surface area (Å²) in [5, 5.41) is 4.28. The van der Waals surface area contributed by atoms with Crippen molar-refractivity contribution in [2.24, 2.45) is 13.0 Å². The van der Waals surface area contributed by atoms with Crippen LogP contribution >= 0.6 is 0 Å². The molecule has 0 bridgehead atoms. The van der Waals surface area contributed by atoms with Crippen molar-refractivity contribution in [2.45, 2.75) is 76.9 Å². The Hall–Kier alpha value is -1.89. The molecule has 1 saturated carbocycles. The van der Waals surface area contributed by atoms with Gasteiger partial charge in [-0.05, 0) is 51.5 Å². The molecule has 3 atom stereocenters. The van der Waals surface area contributed by atoms with Crippen molar-refractivity contribution in [1.29, 1.82) is 0 Å². The molecule has 3 heterocycles. The third-order valence-corrected chi connectivity index (χ3v) is 7.97. The van der Waals surface area contributed by atoms with E-state index in [0.29, 0.717) is 11.5 Å². The Kier molecular flexibility index (Phi) is 6.19. The molecular weight excluding hydrogens is 378 g/mol. The Bertz CT molecular complexity index is 783. The molecule has 2 amide bonds. The zero-order valence-corrected chi connectivity index (χ0v) is 19.0. The third kappa shape index (κ3) is 3.77. The number of piperidine rings is 1. The monoisotopic (exact) mass is 415 g/mol. The van der Waals surface area contributed by atoms with Crippen molar-refractivity contribution in [3.63, 3.8) is 0 Å². The number of nitrogens with zero attached hydrogens (tertiary/aromatic N) is 5. The topological polar surface area (TPSA) is 61.7 Å². The summed E-state index contributed by atoms with van der Waals surface area (Å²) < 4.78 is 1.74. The molecule has 7 nitrogen and oxygen atoms in total. The van der Waals surface area contributed by atoms with Gasteiger partial charge in [-0.15, -0.1) is 0 Å². The van der Waals surface area contributed by atoms with Gasteiger partial charge in [-0.25, -0.2) is 0 Å². The minimum atomic E-state index is -0.334. The van der Waals surface area contributed by atoms with E-state index in [4.69, 9.17) is 0 Å². The summed E-state index contributed by atoms with van der Waals surface area (Å²) in [4.78, 5) is 33.7. The van der Waals surface area contributed by atoms with Crippen LogP contribution in [0.2, 0.25) is 0 Å². The predicted octanol–water partition coefficient (Wildman–Crippen LogP) is 2.44. The first kappa shape index (κ1) is 21.3. The van der Waals surface area contributed by atoms with E-state index in [-0.39, 0.29) is 29.9 Å². The van der Waals surface area contributed by atoms with Crippen LogP contribution in [0.5, 0.6) is 0 Å². The van der Waals surface area contributed by atoms with E-state index in [9.17, 15) is 9.59 Å². The highest BCUT2D eigenvalue weighted by atomic mass is 16.2. The molecule has 0 radical (unpaired) electrons. The fourth-order valence-electron chi connectivity index (χ4n) is 5.86. The van der Waals surface area contributed by atoms with Crippen LogP contribution in [0.15, 0.2) is 6.20 Å². The van der Waals surface area contributed by atoms with Gasteiger partial charge in [0, 0.05) is 45.0 Å². The minimum absolute atomic E-state index is 0.0115. The van der Waals surface area contributed by atoms with E-state index in [2.05, 4.69) is 16.9 Å². The van der Waals surface area contributed by atoms with Gasteiger partial charge in [0.2, 0.25) is 5.91 Å². The van der Waals surface area contributed by atoms with Gasteiger partial charge in [-0.3, -0.25) is 14.3 Å². The van der Waals surface area contributed by atoms with E-state index in [1.807, 2.05) is 30.8 Å². The Labute approximate surface area is 180 Å². The second kappa shape index (κ2) is 8.69. The van der Waals surface area contributed by atoms with Crippen LogP contribution in [0.3, 0.4) is 0 Å². The summed E-state index contributed by atoms with van der Waals surface area (Å²) in [6.07, 6.45) is 9.01. The number of aromatic nitrogens is 2. The first-order valence-corrected chi connectivity index (χ1v) is 11.7. The van der Waals surface area contributed by atoms with Gasteiger partial charge in [0.15, 0.2) is 0 Å². The molecule has 1 aliphatic carbocycles. The van der Waals surface area contributed by atoms with Crippen LogP contribution in [0.25, 0.3) is 0 Å². The Morgan fingerprint density at radius 1 is 1.17 bits per heavy atom. The maximum absolute atomic E-state index is 13.7. The molecule has 1 aromatic rings. The molecule has 0 spiro atoms. The summed E-state index contributed by atoms with van der Waals surface area (Å²) in [5.74, 6) is 0.570. The molecule has 2 saturated heterocycles. The number of hydrogen-bond acceptors (Lipinski definition) is 4. The molecule has 3 aliphatic rings. The van der Waals surface area contributed by atoms with Crippen molar-refractivity contribution < 1.29 is 9.59 Å². The van der Waals surface area contributed by atoms with Crippen molar-refractivity contribution >= 4 is 11.8 Å². The highest BCUT2D eigenvalue weighted by molar-refractivity contribution is 5.99. The molecule has 2 aliphatic heterocycles. The standard InChI is InChI=1S/C23H37N5O2/c1-5-27-12-10-18(11-13-27)25(3)23(30)21-14-17-8-6-7-9-20(17)28(21)22(29)19-15-24-26(4)16(19)2/h15,17-18,20-21H,5-14H2,1-4H3/t17-,20-,21+/m1/s1. The summed E-state index contributed by atoms with van der Waals surface area (Å²) in [6, 6.07) is 0.134. The average molecular weight is 416 g/mol. The minimum Gasteiger partial charge on any atom is -0.341 e. The predicted molar refractivity (Wildman–Crippen MR) is 116 cm³/mol. The number of carbonyl (C=O) groups is 2. The van der Waals surface area contributed by atoms with Crippen molar-refractivity contribution in [1.82, 2.24) is 24.5 Å². The fourth-order valence-corrected chi connectivity index (χ4v) is 5.86. The Morgan fingerprint density at radius 2 is 1.87 bits per heavy atom. The second-order valence-corrected chi connectivity index (χ2v) is 9.46. The normalized spacial score (nSPS) is 27.9. The number of rotatable bonds is 4. The van der Waals surface area contributed by atoms with Crippen LogP contribution < -0.4 is 0 Å². The molecule has 4 rings (SSSR count). The molecule has 7 heteroatoms. The van der Waals surface area contributed by atoms with E-state index in [1.165, 1.54) is 6.42 Å². The van der Waals surface area contributed by atoms with E-state index >= 15 is 0 Å². The van der Waals surface area contributed by atoms with Gasteiger partial charge in [-0.1, -0.05) is 19.8 Å². The summed E-state index contributed by atoms with van der Waals surface area (Å²) in [6.45, 7) is 7.29. The lowest BCUT2D eigenvalue weighted by molar-refractivity contribution is -0.137. The molecule has 0 aromatic carbocycles. The average Bonchev–Trinajstić information content (AvgIpc) is 3.32. The van der Waals surface area contributed by atoms with Gasteiger partial charge in [0.25, 0.3) is 5.91 Å². The molecule has 30 heavy (non-hydrogen) atoms. The van der Waals surface area contributed by atoms with Gasteiger partial charge in [-0.2, -0.15) is 5.10 Å². The van der Waals surface area contributed by atoms with Crippen LogP contribution in [0.1, 0.15) is 67.9 Å². The third-order valence-electron chi connectivity index (χ3n) is 7.97. The van der Waals surface area contributed by atoms with Crippen molar-refractivity contribution in [2.75, 3.05) is 26.7 Å². The molecule has 3 fully saturated rings. The smallest absolute Gasteiger partial charge is 0.258 e.